The van der Waals surface area contributed by atoms with Gasteiger partial charge in [0.1, 0.15) is 6.10 Å². The molecule has 0 spiro atoms. The van der Waals surface area contributed by atoms with E-state index < -0.39 is 0 Å². The van der Waals surface area contributed by atoms with E-state index in [9.17, 15) is 4.91 Å². The minimum absolute atomic E-state index is 0.212. The van der Waals surface area contributed by atoms with Crippen molar-refractivity contribution in [1.29, 1.82) is 0 Å². The summed E-state index contributed by atoms with van der Waals surface area (Å²) in [4.78, 5) is 9.35. The van der Waals surface area contributed by atoms with Gasteiger partial charge in [-0.15, -0.1) is 4.91 Å². The molecule has 1 rings (SSSR count). The SMILES string of the molecule is O=NSOCC1CO1. The van der Waals surface area contributed by atoms with Crippen LogP contribution in [0.5, 0.6) is 0 Å². The minimum atomic E-state index is 0.212. The largest absolute Gasteiger partial charge is 0.371 e. The Kier molecular flexibility index (Phi) is 2.26. The lowest BCUT2D eigenvalue weighted by Crippen LogP contribution is -1.93. The van der Waals surface area contributed by atoms with E-state index in [0.29, 0.717) is 18.8 Å². The molecule has 8 heavy (non-hydrogen) atoms. The Morgan fingerprint density at radius 1 is 2.00 bits per heavy atom. The van der Waals surface area contributed by atoms with Crippen molar-refractivity contribution < 1.29 is 8.92 Å². The summed E-state index contributed by atoms with van der Waals surface area (Å²) in [5.74, 6) is 0. The van der Waals surface area contributed by atoms with Crippen LogP contribution < -0.4 is 0 Å². The molecule has 0 saturated carbocycles. The summed E-state index contributed by atoms with van der Waals surface area (Å²) in [5, 5.41) is 0. The molecule has 0 bridgehead atoms. The topological polar surface area (TPSA) is 51.2 Å². The van der Waals surface area contributed by atoms with Crippen molar-refractivity contribution >= 4 is 12.2 Å². The van der Waals surface area contributed by atoms with E-state index in [-0.39, 0.29) is 6.10 Å². The van der Waals surface area contributed by atoms with Crippen molar-refractivity contribution in [2.75, 3.05) is 13.2 Å². The van der Waals surface area contributed by atoms with Gasteiger partial charge in [-0.2, -0.15) is 0 Å². The molecule has 0 amide bonds. The highest BCUT2D eigenvalue weighted by Crippen LogP contribution is 2.12. The molecule has 1 atom stereocenters. The normalized spacial score (nSPS) is 25.2. The Hall–Kier alpha value is -0.130. The third-order valence-electron chi connectivity index (χ3n) is 0.739. The fourth-order valence-electron chi connectivity index (χ4n) is 0.292. The van der Waals surface area contributed by atoms with Crippen molar-refractivity contribution in [2.45, 2.75) is 6.10 Å². The highest BCUT2D eigenvalue weighted by molar-refractivity contribution is 7.93. The third kappa shape index (κ3) is 2.25. The van der Waals surface area contributed by atoms with Crippen molar-refractivity contribution in [1.82, 2.24) is 0 Å². The quantitative estimate of drug-likeness (QED) is 0.187. The zero-order valence-corrected chi connectivity index (χ0v) is 4.89. The lowest BCUT2D eigenvalue weighted by atomic mass is 10.5. The Labute approximate surface area is 50.9 Å². The highest BCUT2D eigenvalue weighted by atomic mass is 32.2. The zero-order chi connectivity index (χ0) is 5.82. The number of nitroso groups, excluding NO2 is 1. The molecule has 46 valence electrons. The van der Waals surface area contributed by atoms with Gasteiger partial charge in [-0.25, -0.2) is 0 Å². The van der Waals surface area contributed by atoms with Gasteiger partial charge in [0.2, 0.25) is 0 Å². The molecule has 0 aromatic carbocycles. The predicted octanol–water partition coefficient (Wildman–Crippen LogP) is 0.731. The van der Waals surface area contributed by atoms with Crippen LogP contribution in [-0.4, -0.2) is 19.3 Å². The van der Waals surface area contributed by atoms with Crippen molar-refractivity contribution in [3.8, 4) is 0 Å². The van der Waals surface area contributed by atoms with Crippen LogP contribution in [-0.2, 0) is 8.92 Å². The van der Waals surface area contributed by atoms with Gasteiger partial charge in [0.25, 0.3) is 0 Å². The fraction of sp³-hybridized carbons (Fsp3) is 1.00. The Balaban J connectivity index is 1.80. The van der Waals surface area contributed by atoms with Crippen LogP contribution in [0, 0.1) is 4.91 Å². The van der Waals surface area contributed by atoms with E-state index in [4.69, 9.17) is 4.74 Å². The number of hydrogen-bond acceptors (Lipinski definition) is 5. The number of epoxide rings is 1. The lowest BCUT2D eigenvalue weighted by Gasteiger charge is -1.87. The summed E-state index contributed by atoms with van der Waals surface area (Å²) < 4.78 is 11.8. The predicted molar refractivity (Wildman–Crippen MR) is 29.1 cm³/mol. The van der Waals surface area contributed by atoms with Gasteiger partial charge in [0.05, 0.1) is 13.2 Å². The number of hydrogen-bond donors (Lipinski definition) is 0. The maximum Gasteiger partial charge on any atom is 0.181 e. The van der Waals surface area contributed by atoms with Gasteiger partial charge in [-0.3, -0.25) is 4.18 Å². The second-order valence-corrected chi connectivity index (χ2v) is 1.92. The zero-order valence-electron chi connectivity index (χ0n) is 4.07. The van der Waals surface area contributed by atoms with Gasteiger partial charge in [-0.05, 0) is 0 Å². The standard InChI is InChI=1S/C3H5NO3S/c5-4-8-7-2-3-1-6-3/h3H,1-2H2. The number of ether oxygens (including phenoxy) is 1. The Bertz CT molecular complexity index is 84.6. The molecule has 1 aliphatic heterocycles. The Morgan fingerprint density at radius 2 is 2.75 bits per heavy atom. The van der Waals surface area contributed by atoms with E-state index in [1.165, 1.54) is 0 Å². The van der Waals surface area contributed by atoms with Crippen molar-refractivity contribution in [2.24, 2.45) is 4.58 Å². The van der Waals surface area contributed by atoms with E-state index in [2.05, 4.69) is 8.77 Å². The molecule has 4 nitrogen and oxygen atoms in total. The average Bonchev–Trinajstić information content (AvgIpc) is 2.51. The van der Waals surface area contributed by atoms with E-state index >= 15 is 0 Å². The summed E-state index contributed by atoms with van der Waals surface area (Å²) >= 11 is 0.566. The van der Waals surface area contributed by atoms with Crippen LogP contribution >= 0.6 is 12.2 Å². The second-order valence-electron chi connectivity index (χ2n) is 1.39. The van der Waals surface area contributed by atoms with Crippen LogP contribution in [0.3, 0.4) is 0 Å². The van der Waals surface area contributed by atoms with E-state index in [0.717, 1.165) is 6.61 Å². The first-order valence-corrected chi connectivity index (χ1v) is 2.86. The summed E-state index contributed by atoms with van der Waals surface area (Å²) in [6.07, 6.45) is 0.212. The monoisotopic (exact) mass is 135 g/mol. The first-order valence-electron chi connectivity index (χ1n) is 2.16. The molecule has 0 aromatic heterocycles. The minimum Gasteiger partial charge on any atom is -0.371 e. The van der Waals surface area contributed by atoms with E-state index in [1.807, 2.05) is 0 Å². The molecular formula is C3H5NO3S. The molecule has 1 fully saturated rings. The van der Waals surface area contributed by atoms with Crippen molar-refractivity contribution in [3.05, 3.63) is 4.91 Å². The smallest absolute Gasteiger partial charge is 0.181 e. The van der Waals surface area contributed by atoms with Gasteiger partial charge >= 0.3 is 0 Å². The summed E-state index contributed by atoms with van der Waals surface area (Å²) in [6.45, 7) is 1.22. The molecule has 0 aromatic rings. The fourth-order valence-corrected chi connectivity index (χ4v) is 0.548. The second kappa shape index (κ2) is 3.01. The van der Waals surface area contributed by atoms with Crippen molar-refractivity contribution in [3.63, 3.8) is 0 Å². The number of rotatable bonds is 4. The molecule has 0 radical (unpaired) electrons. The highest BCUT2D eigenvalue weighted by Gasteiger charge is 2.22. The Morgan fingerprint density at radius 3 is 3.25 bits per heavy atom. The summed E-state index contributed by atoms with van der Waals surface area (Å²) in [5.41, 5.74) is 0. The lowest BCUT2D eigenvalue weighted by molar-refractivity contribution is 0.296. The first-order chi connectivity index (χ1) is 3.93. The average molecular weight is 135 g/mol. The van der Waals surface area contributed by atoms with Gasteiger partial charge in [0.15, 0.2) is 12.2 Å². The van der Waals surface area contributed by atoms with Crippen LogP contribution in [0.2, 0.25) is 0 Å². The first kappa shape index (κ1) is 6.00. The molecule has 1 unspecified atom stereocenters. The molecule has 0 aliphatic carbocycles. The van der Waals surface area contributed by atoms with Crippen LogP contribution in [0.1, 0.15) is 0 Å². The van der Waals surface area contributed by atoms with Crippen LogP contribution in [0.4, 0.5) is 0 Å². The maximum atomic E-state index is 9.35. The molecule has 5 heteroatoms. The maximum absolute atomic E-state index is 9.35. The molecule has 0 N–H and O–H groups in total. The molecule has 1 saturated heterocycles. The summed E-state index contributed by atoms with van der Waals surface area (Å²) in [6, 6.07) is 0. The number of nitrogens with zero attached hydrogens (tertiary/aromatic N) is 1. The van der Waals surface area contributed by atoms with Gasteiger partial charge in [-0.1, -0.05) is 0 Å². The van der Waals surface area contributed by atoms with E-state index in [1.54, 1.807) is 0 Å². The van der Waals surface area contributed by atoms with Crippen LogP contribution in [0.25, 0.3) is 0 Å². The molecule has 1 aliphatic rings. The third-order valence-corrected chi connectivity index (χ3v) is 1.04. The van der Waals surface area contributed by atoms with Gasteiger partial charge in [0, 0.05) is 4.58 Å². The van der Waals surface area contributed by atoms with Crippen LogP contribution in [0.15, 0.2) is 4.58 Å². The summed E-state index contributed by atoms with van der Waals surface area (Å²) in [7, 11) is 0. The molecular weight excluding hydrogens is 130 g/mol. The van der Waals surface area contributed by atoms with Gasteiger partial charge < -0.3 is 4.74 Å². The molecule has 1 heterocycles.